The molecule has 0 aliphatic carbocycles. The maximum Gasteiger partial charge on any atom is 0.330 e. The number of unbranched alkanes of at least 4 members (excludes halogenated alkanes) is 12. The Balaban J connectivity index is 1.40. The molecule has 4 aromatic rings. The lowest BCUT2D eigenvalue weighted by Crippen LogP contribution is -2.43. The lowest BCUT2D eigenvalue weighted by molar-refractivity contribution is -0.121. The van der Waals surface area contributed by atoms with Gasteiger partial charge in [-0.25, -0.2) is 9.46 Å². The van der Waals surface area contributed by atoms with Gasteiger partial charge in [-0.1, -0.05) is 139 Å². The van der Waals surface area contributed by atoms with Crippen LogP contribution in [0.5, 0.6) is 11.5 Å². The molecule has 5 rings (SSSR count). The number of carbonyl (C=O) groups is 1. The number of H-pyrrole nitrogens is 1. The molecule has 1 amide bonds. The Morgan fingerprint density at radius 1 is 0.757 bits per heavy atom. The van der Waals surface area contributed by atoms with Crippen LogP contribution >= 0.6 is 8.53 Å². The Bertz CT molecular complexity index is 2300. The minimum Gasteiger partial charge on any atom is -0.497 e. The van der Waals surface area contributed by atoms with E-state index in [0.717, 1.165) is 36.0 Å². The maximum absolute atomic E-state index is 13.7. The molecule has 2 unspecified atom stereocenters. The normalized spacial score (nSPS) is 17.2. The van der Waals surface area contributed by atoms with E-state index in [0.29, 0.717) is 30.9 Å². The third-order valence-electron chi connectivity index (χ3n) is 13.4. The second-order valence-electron chi connectivity index (χ2n) is 19.5. The molecule has 2 N–H and O–H groups in total. The van der Waals surface area contributed by atoms with E-state index in [1.165, 1.54) is 81.0 Å². The van der Waals surface area contributed by atoms with Crippen molar-refractivity contribution in [2.45, 2.75) is 180 Å². The monoisotopic (exact) mass is 1040 g/mol. The molecule has 406 valence electrons. The smallest absolute Gasteiger partial charge is 0.330 e. The van der Waals surface area contributed by atoms with Gasteiger partial charge in [0.05, 0.1) is 39.9 Å². The molecular weight excluding hydrogens is 958 g/mol. The predicted molar refractivity (Wildman–Crippen MR) is 291 cm³/mol. The molecule has 1 aromatic heterocycles. The molecule has 1 aliphatic rings. The number of methoxy groups -OCH3 is 2. The van der Waals surface area contributed by atoms with Crippen LogP contribution < -0.4 is 26.0 Å². The summed E-state index contributed by atoms with van der Waals surface area (Å²) >= 11 is 0. The number of nitriles is 1. The average molecular weight is 1040 g/mol. The van der Waals surface area contributed by atoms with Crippen LogP contribution in [0.3, 0.4) is 0 Å². The fraction of sp³-hybridized carbons (Fsp3) is 0.586. The van der Waals surface area contributed by atoms with Gasteiger partial charge in [-0.2, -0.15) is 5.26 Å². The fourth-order valence-corrected chi connectivity index (χ4v) is 11.4. The Morgan fingerprint density at radius 2 is 1.31 bits per heavy atom. The lowest BCUT2D eigenvalue weighted by Gasteiger charge is -2.39. The van der Waals surface area contributed by atoms with Gasteiger partial charge in [0.1, 0.15) is 35.4 Å². The van der Waals surface area contributed by atoms with Gasteiger partial charge in [0.2, 0.25) is 5.91 Å². The van der Waals surface area contributed by atoms with Crippen molar-refractivity contribution in [2.75, 3.05) is 40.6 Å². The number of aromatic nitrogens is 2. The zero-order valence-corrected chi connectivity index (χ0v) is 46.0. The molecule has 1 fully saturated rings. The van der Waals surface area contributed by atoms with Crippen LogP contribution in [0.4, 0.5) is 0 Å². The van der Waals surface area contributed by atoms with Crippen molar-refractivity contribution in [3.8, 4) is 17.6 Å². The first kappa shape index (κ1) is 60.0. The summed E-state index contributed by atoms with van der Waals surface area (Å²) in [5.41, 5.74) is -0.0559. The number of ether oxygens (including phenoxy) is 5. The highest BCUT2D eigenvalue weighted by Crippen LogP contribution is 2.51. The van der Waals surface area contributed by atoms with Gasteiger partial charge in [0.25, 0.3) is 14.1 Å². The Hall–Kier alpha value is -4.91. The van der Waals surface area contributed by atoms with Crippen molar-refractivity contribution in [2.24, 2.45) is 0 Å². The van der Waals surface area contributed by atoms with Gasteiger partial charge in [-0.3, -0.25) is 19.1 Å². The third-order valence-corrected chi connectivity index (χ3v) is 15.5. The number of aromatic amines is 1. The molecule has 0 saturated carbocycles. The number of carbonyl (C=O) groups excluding carboxylic acids is 1. The highest BCUT2D eigenvalue weighted by molar-refractivity contribution is 7.44. The SMILES string of the molecule is CCCCCCCCCCCCCCCC(=O)NCCCO[C@H]1C(OP(OCCC#N)N(C(C)C)C(C)C)[C@@H](COC(c2ccccc2)(c2ccc(OC)cc2)c2ccc(OC)cc2)O[C@H]1n1ccc(=O)[nH]c1=O. The van der Waals surface area contributed by atoms with Crippen LogP contribution in [-0.4, -0.2) is 91.1 Å². The average Bonchev–Trinajstić information content (AvgIpc) is 3.73. The molecular formula is C58H84N5O10P. The summed E-state index contributed by atoms with van der Waals surface area (Å²) in [6, 6.07) is 28.7. The summed E-state index contributed by atoms with van der Waals surface area (Å²) in [5, 5.41) is 12.6. The van der Waals surface area contributed by atoms with Crippen molar-refractivity contribution >= 4 is 14.4 Å². The topological polar surface area (TPSA) is 176 Å². The summed E-state index contributed by atoms with van der Waals surface area (Å²) in [4.78, 5) is 41.5. The fourth-order valence-electron chi connectivity index (χ4n) is 9.59. The molecule has 15 nitrogen and oxygen atoms in total. The number of rotatable bonds is 36. The number of nitrogens with zero attached hydrogens (tertiary/aromatic N) is 3. The van der Waals surface area contributed by atoms with Crippen molar-refractivity contribution < 1.29 is 37.5 Å². The minimum atomic E-state index is -1.87. The largest absolute Gasteiger partial charge is 0.497 e. The van der Waals surface area contributed by atoms with E-state index in [1.807, 2.05) is 78.9 Å². The van der Waals surface area contributed by atoms with Gasteiger partial charge in [-0.05, 0) is 81.5 Å². The summed E-state index contributed by atoms with van der Waals surface area (Å²) < 4.78 is 49.3. The number of amides is 1. The summed E-state index contributed by atoms with van der Waals surface area (Å²) in [5.74, 6) is 1.35. The molecule has 3 aromatic carbocycles. The number of nitrogens with one attached hydrogen (secondary N) is 2. The van der Waals surface area contributed by atoms with E-state index in [4.69, 9.17) is 32.7 Å². The molecule has 5 atom stereocenters. The van der Waals surface area contributed by atoms with Crippen molar-refractivity contribution in [3.05, 3.63) is 129 Å². The molecule has 16 heteroatoms. The first-order valence-corrected chi connectivity index (χ1v) is 28.2. The first-order valence-electron chi connectivity index (χ1n) is 27.1. The van der Waals surface area contributed by atoms with E-state index < -0.39 is 49.9 Å². The zero-order chi connectivity index (χ0) is 53.1. The second-order valence-corrected chi connectivity index (χ2v) is 21.0. The molecule has 0 spiro atoms. The molecule has 1 aliphatic heterocycles. The Labute approximate surface area is 441 Å². The molecule has 0 bridgehead atoms. The van der Waals surface area contributed by atoms with Gasteiger partial charge in [0.15, 0.2) is 6.23 Å². The van der Waals surface area contributed by atoms with E-state index in [1.54, 1.807) is 14.2 Å². The summed E-state index contributed by atoms with van der Waals surface area (Å²) in [6.45, 7) is 11.1. The van der Waals surface area contributed by atoms with Crippen molar-refractivity contribution in [1.82, 2.24) is 19.5 Å². The van der Waals surface area contributed by atoms with E-state index >= 15 is 0 Å². The molecule has 74 heavy (non-hydrogen) atoms. The number of hydrogen-bond acceptors (Lipinski definition) is 12. The van der Waals surface area contributed by atoms with Gasteiger partial charge >= 0.3 is 5.69 Å². The first-order chi connectivity index (χ1) is 36.0. The molecule has 2 heterocycles. The van der Waals surface area contributed by atoms with Gasteiger partial charge in [-0.15, -0.1) is 0 Å². The highest BCUT2D eigenvalue weighted by atomic mass is 31.2. The molecule has 0 radical (unpaired) electrons. The van der Waals surface area contributed by atoms with Crippen molar-refractivity contribution in [1.29, 1.82) is 5.26 Å². The summed E-state index contributed by atoms with van der Waals surface area (Å²) in [6.07, 6.45) is 14.7. The minimum absolute atomic E-state index is 0.00612. The number of benzene rings is 3. The van der Waals surface area contributed by atoms with Crippen LogP contribution in [0.15, 0.2) is 101 Å². The van der Waals surface area contributed by atoms with Gasteiger partial charge < -0.3 is 38.0 Å². The van der Waals surface area contributed by atoms with E-state index in [9.17, 15) is 19.6 Å². The van der Waals surface area contributed by atoms with Gasteiger partial charge in [0, 0.05) is 43.9 Å². The Morgan fingerprint density at radius 3 is 1.84 bits per heavy atom. The maximum atomic E-state index is 13.7. The predicted octanol–water partition coefficient (Wildman–Crippen LogP) is 11.5. The number of hydrogen-bond donors (Lipinski definition) is 2. The summed E-state index contributed by atoms with van der Waals surface area (Å²) in [7, 11) is 1.37. The molecule has 1 saturated heterocycles. The standard InChI is InChI=1S/C58H84N5O10P/c1-8-9-10-11-12-13-14-15-16-17-18-19-23-28-52(64)60-39-25-41-69-55-54(73-74(71-42-24-38-59)63(44(2)3)45(4)5)51(72-56(55)62-40-37-53(65)61-57(62)66)43-70-58(46-26-21-20-22-27-46,47-29-33-49(67-6)34-30-47)48-31-35-50(68-7)36-32-48/h20-22,26-27,29-37,40,44-45,51,54-56H,8-19,23-25,28,39,41-43H2,1-7H3,(H,60,64)(H,61,65,66)/t51-,54?,55+,56-,74?/m1/s1. The zero-order valence-electron chi connectivity index (χ0n) is 45.1. The highest BCUT2D eigenvalue weighted by Gasteiger charge is 2.51. The van der Waals surface area contributed by atoms with E-state index in [-0.39, 0.29) is 44.2 Å². The van der Waals surface area contributed by atoms with Crippen LogP contribution in [0.1, 0.15) is 160 Å². The lowest BCUT2D eigenvalue weighted by atomic mass is 9.80. The van der Waals surface area contributed by atoms with Crippen molar-refractivity contribution in [3.63, 3.8) is 0 Å². The van der Waals surface area contributed by atoms with E-state index in [2.05, 4.69) is 55.7 Å². The second kappa shape index (κ2) is 32.5. The van der Waals surface area contributed by atoms with Crippen LogP contribution in [0.25, 0.3) is 0 Å². The van der Waals surface area contributed by atoms with Crippen LogP contribution in [0.2, 0.25) is 0 Å². The third kappa shape index (κ3) is 17.9. The Kier molecular flexibility index (Phi) is 26.3. The quantitative estimate of drug-likeness (QED) is 0.0251. The van der Waals surface area contributed by atoms with Crippen LogP contribution in [-0.2, 0) is 33.7 Å². The van der Waals surface area contributed by atoms with Crippen LogP contribution in [0, 0.1) is 11.3 Å².